The first kappa shape index (κ1) is 28.3. The number of hydrogen-bond acceptors (Lipinski definition) is 5. The highest BCUT2D eigenvalue weighted by molar-refractivity contribution is 9.10. The van der Waals surface area contributed by atoms with E-state index in [9.17, 15) is 9.47 Å². The molecule has 0 aliphatic rings. The van der Waals surface area contributed by atoms with Crippen molar-refractivity contribution in [1.82, 2.24) is 14.9 Å². The van der Waals surface area contributed by atoms with Gasteiger partial charge >= 0.3 is 0 Å². The monoisotopic (exact) mass is 612 g/mol. The van der Waals surface area contributed by atoms with Crippen molar-refractivity contribution in [3.8, 4) is 17.3 Å². The highest BCUT2D eigenvalue weighted by atomic mass is 79.9. The van der Waals surface area contributed by atoms with Crippen LogP contribution in [-0.4, -0.2) is 27.2 Å². The van der Waals surface area contributed by atoms with Gasteiger partial charge in [-0.2, -0.15) is 5.26 Å². The van der Waals surface area contributed by atoms with Gasteiger partial charge in [-0.1, -0.05) is 49.1 Å². The van der Waals surface area contributed by atoms with Gasteiger partial charge in [0.15, 0.2) is 5.58 Å². The topological polar surface area (TPSA) is 91.8 Å². The van der Waals surface area contributed by atoms with Crippen molar-refractivity contribution in [2.45, 2.75) is 57.6 Å². The smallest absolute Gasteiger partial charge is 0.168 e. The molecule has 0 aliphatic heterocycles. The minimum Gasteiger partial charge on any atom is -0.356 e. The average molecular weight is 614 g/mol. The average Bonchev–Trinajstić information content (AvgIpc) is 3.27. The van der Waals surface area contributed by atoms with Gasteiger partial charge in [0, 0.05) is 23.4 Å². The van der Waals surface area contributed by atoms with Gasteiger partial charge in [0.05, 0.1) is 47.2 Å². The number of hydrogen-bond donors (Lipinski definition) is 1. The van der Waals surface area contributed by atoms with Crippen LogP contribution < -0.4 is 9.91 Å². The molecule has 0 saturated carbocycles. The lowest BCUT2D eigenvalue weighted by Crippen LogP contribution is -2.41. The molecule has 1 N–H and O–H groups in total. The largest absolute Gasteiger partial charge is 0.356 e. The summed E-state index contributed by atoms with van der Waals surface area (Å²) in [6.07, 6.45) is 0.177. The zero-order valence-corrected chi connectivity index (χ0v) is 25.6. The van der Waals surface area contributed by atoms with E-state index >= 15 is 4.39 Å². The number of rotatable bonds is 7. The fourth-order valence-corrected chi connectivity index (χ4v) is 7.01. The summed E-state index contributed by atoms with van der Waals surface area (Å²) in [7, 11) is -3.44. The van der Waals surface area contributed by atoms with E-state index in [2.05, 4.69) is 56.5 Å². The molecule has 0 aliphatic carbocycles. The van der Waals surface area contributed by atoms with Gasteiger partial charge in [-0.3, -0.25) is 0 Å². The van der Waals surface area contributed by atoms with Crippen molar-refractivity contribution in [1.29, 1.82) is 5.26 Å². The van der Waals surface area contributed by atoms with Crippen LogP contribution >= 0.6 is 15.9 Å². The van der Waals surface area contributed by atoms with Crippen molar-refractivity contribution in [3.05, 3.63) is 75.8 Å². The van der Waals surface area contributed by atoms with Crippen molar-refractivity contribution >= 4 is 51.1 Å². The summed E-state index contributed by atoms with van der Waals surface area (Å²) < 4.78 is 38.0. The fourth-order valence-electron chi connectivity index (χ4n) is 4.16. The van der Waals surface area contributed by atoms with Gasteiger partial charge in [0.25, 0.3) is 0 Å². The summed E-state index contributed by atoms with van der Waals surface area (Å²) in [6.45, 7) is 11.9. The minimum absolute atomic E-state index is 0.177. The first-order valence-corrected chi connectivity index (χ1v) is 17.7. The Kier molecular flexibility index (Phi) is 8.05. The maximum atomic E-state index is 15.8. The van der Waals surface area contributed by atoms with Gasteiger partial charge in [0.1, 0.15) is 16.1 Å². The molecular formula is C28H30BrFN4O2SSi. The highest BCUT2D eigenvalue weighted by Crippen LogP contribution is 2.35. The summed E-state index contributed by atoms with van der Waals surface area (Å²) in [5, 5.41) is 15.0. The van der Waals surface area contributed by atoms with E-state index in [1.54, 1.807) is 18.2 Å². The van der Waals surface area contributed by atoms with Crippen LogP contribution in [0.4, 0.5) is 4.39 Å². The highest BCUT2D eigenvalue weighted by Gasteiger charge is 2.30. The Bertz CT molecular complexity index is 1570. The summed E-state index contributed by atoms with van der Waals surface area (Å²) in [4.78, 5) is 4.50. The lowest BCUT2D eigenvalue weighted by Gasteiger charge is -2.27. The molecule has 2 aromatic carbocycles. The lowest BCUT2D eigenvalue weighted by atomic mass is 9.94. The van der Waals surface area contributed by atoms with E-state index < -0.39 is 29.8 Å². The Morgan fingerprint density at radius 3 is 2.55 bits per heavy atom. The normalized spacial score (nSPS) is 13.9. The zero-order chi connectivity index (χ0) is 27.8. The molecule has 2 atom stereocenters. The maximum Gasteiger partial charge on any atom is 0.168 e. The summed E-state index contributed by atoms with van der Waals surface area (Å²) >= 11 is 3.47. The first-order valence-electron chi connectivity index (χ1n) is 12.2. The van der Waals surface area contributed by atoms with Gasteiger partial charge in [-0.15, -0.1) is 0 Å². The summed E-state index contributed by atoms with van der Waals surface area (Å²) in [6, 6.07) is 16.1. The molecule has 0 fully saturated rings. The molecule has 4 rings (SSSR count). The van der Waals surface area contributed by atoms with Crippen molar-refractivity contribution in [3.63, 3.8) is 0 Å². The van der Waals surface area contributed by atoms with E-state index in [0.29, 0.717) is 32.3 Å². The fraction of sp³-hybridized carbons (Fsp3) is 0.321. The van der Waals surface area contributed by atoms with Crippen LogP contribution in [0.1, 0.15) is 43.6 Å². The molecule has 0 radical (unpaired) electrons. The van der Waals surface area contributed by atoms with Crippen LogP contribution in [0.15, 0.2) is 57.7 Å². The van der Waals surface area contributed by atoms with E-state index in [4.69, 9.17) is 4.52 Å². The Morgan fingerprint density at radius 2 is 1.89 bits per heavy atom. The Hall–Kier alpha value is -2.71. The molecule has 38 heavy (non-hydrogen) atoms. The second kappa shape index (κ2) is 10.8. The zero-order valence-electron chi connectivity index (χ0n) is 22.2. The third-order valence-corrected chi connectivity index (χ3v) is 10.2. The molecular weight excluding hydrogens is 583 g/mol. The van der Waals surface area contributed by atoms with E-state index in [1.165, 1.54) is 0 Å². The molecule has 2 aromatic heterocycles. The summed E-state index contributed by atoms with van der Waals surface area (Å²) in [5.74, 6) is -0.311. The van der Waals surface area contributed by atoms with Gasteiger partial charge in [-0.05, 0) is 65.7 Å². The number of benzene rings is 2. The van der Waals surface area contributed by atoms with Gasteiger partial charge < -0.3 is 4.52 Å². The number of nitriles is 1. The van der Waals surface area contributed by atoms with Gasteiger partial charge in [0.2, 0.25) is 0 Å². The Labute approximate surface area is 234 Å². The minimum atomic E-state index is -2.00. The molecule has 10 heteroatoms. The molecule has 0 saturated heterocycles. The molecule has 0 spiro atoms. The first-order chi connectivity index (χ1) is 17.8. The maximum absolute atomic E-state index is 15.8. The molecule has 0 amide bonds. The predicted molar refractivity (Wildman–Crippen MR) is 157 cm³/mol. The third kappa shape index (κ3) is 5.96. The standard InChI is InChI=1S/C28H30BrFN4O2SSi/c1-28(2,3)37(35)34-21(14-22-26(30)24(38(4,5)6)15-25(29)32-22)18-9-7-8-10-19(18)27-20-12-11-17(16-31)13-23(20)36-33-27/h7-13,15,21,34H,14H2,1-6H3/t21-,37-/m0/s1. The van der Waals surface area contributed by atoms with Crippen molar-refractivity contribution < 1.29 is 13.1 Å². The second-order valence-electron chi connectivity index (χ2n) is 11.2. The molecule has 0 bridgehead atoms. The number of nitrogens with one attached hydrogen (secondary N) is 1. The van der Waals surface area contributed by atoms with Crippen LogP contribution in [0, 0.1) is 17.1 Å². The Balaban J connectivity index is 1.87. The molecule has 4 aromatic rings. The third-order valence-electron chi connectivity index (χ3n) is 6.20. The molecule has 198 valence electrons. The SMILES string of the molecule is CC(C)(C)[S@](=O)N[C@@H](Cc1nc(Br)cc([Si](C)(C)C)c1F)c1ccccc1-c1noc2cc(C#N)ccc12. The van der Waals surface area contributed by atoms with Crippen molar-refractivity contribution in [2.75, 3.05) is 0 Å². The Morgan fingerprint density at radius 1 is 1.18 bits per heavy atom. The summed E-state index contributed by atoms with van der Waals surface area (Å²) in [5.41, 5.74) is 3.43. The van der Waals surface area contributed by atoms with Gasteiger partial charge in [-0.25, -0.2) is 18.3 Å². The quantitative estimate of drug-likeness (QED) is 0.189. The van der Waals surface area contributed by atoms with Crippen LogP contribution in [0.25, 0.3) is 22.2 Å². The number of aromatic nitrogens is 2. The van der Waals surface area contributed by atoms with Crippen LogP contribution in [0.5, 0.6) is 0 Å². The predicted octanol–water partition coefficient (Wildman–Crippen LogP) is 6.54. The van der Waals surface area contributed by atoms with E-state index in [-0.39, 0.29) is 12.2 Å². The van der Waals surface area contributed by atoms with E-state index in [0.717, 1.165) is 16.5 Å². The molecule has 0 unspecified atom stereocenters. The molecule has 2 heterocycles. The number of pyridine rings is 1. The number of halogens is 2. The second-order valence-corrected chi connectivity index (χ2v) is 19.0. The van der Waals surface area contributed by atoms with Crippen LogP contribution in [0.2, 0.25) is 19.6 Å². The van der Waals surface area contributed by atoms with E-state index in [1.807, 2.05) is 51.1 Å². The van der Waals surface area contributed by atoms with Crippen molar-refractivity contribution in [2.24, 2.45) is 0 Å². The lowest BCUT2D eigenvalue weighted by molar-refractivity contribution is 0.459. The van der Waals surface area contributed by atoms with Crippen LogP contribution in [0.3, 0.4) is 0 Å². The number of fused-ring (bicyclic) bond motifs is 1. The number of nitrogens with zero attached hydrogens (tertiary/aromatic N) is 3. The molecule has 6 nitrogen and oxygen atoms in total. The van der Waals surface area contributed by atoms with Crippen LogP contribution in [-0.2, 0) is 17.4 Å².